The number of hydrogen-bond donors (Lipinski definition) is 0. The van der Waals surface area contributed by atoms with Crippen molar-refractivity contribution < 1.29 is 4.74 Å². The van der Waals surface area contributed by atoms with Gasteiger partial charge in [-0.1, -0.05) is 11.6 Å². The van der Waals surface area contributed by atoms with E-state index in [2.05, 4.69) is 25.8 Å². The Morgan fingerprint density at radius 2 is 2.03 bits per heavy atom. The largest absolute Gasteiger partial charge is 0.489 e. The summed E-state index contributed by atoms with van der Waals surface area (Å²) >= 11 is 6.21. The van der Waals surface area contributed by atoms with Gasteiger partial charge in [0.2, 0.25) is 0 Å². The number of rotatable bonds is 4. The number of aromatic nitrogens is 3. The lowest BCUT2D eigenvalue weighted by Crippen LogP contribution is -2.47. The van der Waals surface area contributed by atoms with E-state index in [1.165, 1.54) is 4.57 Å². The van der Waals surface area contributed by atoms with Gasteiger partial charge in [0.15, 0.2) is 0 Å². The molecule has 176 valence electrons. The van der Waals surface area contributed by atoms with E-state index < -0.39 is 0 Å². The van der Waals surface area contributed by atoms with Gasteiger partial charge in [0, 0.05) is 32.7 Å². The van der Waals surface area contributed by atoms with Crippen molar-refractivity contribution in [1.29, 1.82) is 5.26 Å². The Morgan fingerprint density at radius 3 is 2.74 bits per heavy atom. The molecule has 0 spiro atoms. The number of anilines is 2. The standard InChI is InChI=1S/C25H27ClN6O2/c1-15(2)34-17-4-7-22(28-13-17)32-11-8-16-14-31(10-9-19(16)32)24-18(12-27)25(33)30(3)20-5-6-21(26)29-23(20)24/h4-7,13,15-16,19H,8-11,14H2,1-3H3/t16-,19+/m1/s1. The first kappa shape index (κ1) is 22.5. The highest BCUT2D eigenvalue weighted by Gasteiger charge is 2.40. The maximum Gasteiger partial charge on any atom is 0.270 e. The molecule has 3 aromatic heterocycles. The van der Waals surface area contributed by atoms with E-state index in [-0.39, 0.29) is 17.2 Å². The highest BCUT2D eigenvalue weighted by atomic mass is 35.5. The smallest absolute Gasteiger partial charge is 0.270 e. The van der Waals surface area contributed by atoms with E-state index in [1.807, 2.05) is 26.0 Å². The molecule has 2 aliphatic heterocycles. The van der Waals surface area contributed by atoms with Crippen LogP contribution in [0.2, 0.25) is 5.15 Å². The maximum atomic E-state index is 12.9. The zero-order valence-corrected chi connectivity index (χ0v) is 20.3. The van der Waals surface area contributed by atoms with Crippen molar-refractivity contribution in [2.75, 3.05) is 29.4 Å². The van der Waals surface area contributed by atoms with E-state index >= 15 is 0 Å². The molecule has 0 aliphatic carbocycles. The third kappa shape index (κ3) is 3.84. The summed E-state index contributed by atoms with van der Waals surface area (Å²) in [7, 11) is 1.66. The Morgan fingerprint density at radius 1 is 1.21 bits per heavy atom. The highest BCUT2D eigenvalue weighted by molar-refractivity contribution is 6.29. The Hall–Kier alpha value is -3.31. The molecule has 8 nitrogen and oxygen atoms in total. The van der Waals surface area contributed by atoms with Crippen LogP contribution in [-0.2, 0) is 7.05 Å². The molecule has 2 atom stereocenters. The number of nitrogens with zero attached hydrogens (tertiary/aromatic N) is 6. The number of fused-ring (bicyclic) bond motifs is 2. The lowest BCUT2D eigenvalue weighted by molar-refractivity contribution is 0.241. The van der Waals surface area contributed by atoms with Gasteiger partial charge < -0.3 is 19.1 Å². The van der Waals surface area contributed by atoms with Gasteiger partial charge in [-0.25, -0.2) is 9.97 Å². The van der Waals surface area contributed by atoms with Gasteiger partial charge in [-0.3, -0.25) is 4.79 Å². The molecular weight excluding hydrogens is 452 g/mol. The molecule has 2 fully saturated rings. The molecule has 0 aromatic carbocycles. The second-order valence-electron chi connectivity index (χ2n) is 9.26. The molecular formula is C25H27ClN6O2. The molecule has 9 heteroatoms. The van der Waals surface area contributed by atoms with Crippen LogP contribution in [0.1, 0.15) is 32.3 Å². The predicted molar refractivity (Wildman–Crippen MR) is 133 cm³/mol. The van der Waals surface area contributed by atoms with Gasteiger partial charge in [0.05, 0.1) is 23.5 Å². The summed E-state index contributed by atoms with van der Waals surface area (Å²) in [6, 6.07) is 9.97. The van der Waals surface area contributed by atoms with Crippen molar-refractivity contribution in [3.8, 4) is 11.8 Å². The van der Waals surface area contributed by atoms with Gasteiger partial charge in [-0.2, -0.15) is 5.26 Å². The third-order valence-electron chi connectivity index (χ3n) is 6.83. The minimum Gasteiger partial charge on any atom is -0.489 e. The van der Waals surface area contributed by atoms with Gasteiger partial charge >= 0.3 is 0 Å². The molecule has 2 aliphatic rings. The Kier molecular flexibility index (Phi) is 5.82. The van der Waals surface area contributed by atoms with E-state index in [4.69, 9.17) is 16.3 Å². The summed E-state index contributed by atoms with van der Waals surface area (Å²) < 4.78 is 7.20. The zero-order valence-electron chi connectivity index (χ0n) is 19.5. The predicted octanol–water partition coefficient (Wildman–Crippen LogP) is 3.75. The van der Waals surface area contributed by atoms with Crippen molar-refractivity contribution in [3.05, 3.63) is 51.5 Å². The molecule has 0 amide bonds. The van der Waals surface area contributed by atoms with Crippen molar-refractivity contribution in [3.63, 3.8) is 0 Å². The van der Waals surface area contributed by atoms with Gasteiger partial charge in [-0.05, 0) is 56.9 Å². The fraction of sp³-hybridized carbons (Fsp3) is 0.440. The molecule has 3 aromatic rings. The molecule has 0 radical (unpaired) electrons. The van der Waals surface area contributed by atoms with Crippen molar-refractivity contribution in [2.45, 2.75) is 38.8 Å². The summed E-state index contributed by atoms with van der Waals surface area (Å²) in [5, 5.41) is 10.2. The fourth-order valence-electron chi connectivity index (χ4n) is 5.33. The number of nitriles is 1. The Labute approximate surface area is 203 Å². The maximum absolute atomic E-state index is 12.9. The first-order valence-corrected chi connectivity index (χ1v) is 12.0. The SMILES string of the molecule is CC(C)Oc1ccc(N2CC[C@@H]3CN(c4c(C#N)c(=O)n(C)c5ccc(Cl)nc45)CC[C@@H]32)nc1. The fourth-order valence-corrected chi connectivity index (χ4v) is 5.48. The van der Waals surface area contributed by atoms with Crippen LogP contribution in [0.5, 0.6) is 5.75 Å². The van der Waals surface area contributed by atoms with Crippen LogP contribution in [0, 0.1) is 17.2 Å². The van der Waals surface area contributed by atoms with Crippen LogP contribution < -0.4 is 20.1 Å². The Bertz CT molecular complexity index is 1330. The van der Waals surface area contributed by atoms with Crippen molar-refractivity contribution >= 4 is 34.1 Å². The average molecular weight is 479 g/mol. The van der Waals surface area contributed by atoms with Gasteiger partial charge in [0.25, 0.3) is 5.56 Å². The number of pyridine rings is 3. The number of halogens is 1. The van der Waals surface area contributed by atoms with Crippen LogP contribution in [0.25, 0.3) is 11.0 Å². The molecule has 0 N–H and O–H groups in total. The van der Waals surface area contributed by atoms with Crippen LogP contribution >= 0.6 is 11.6 Å². The zero-order chi connectivity index (χ0) is 24.0. The summed E-state index contributed by atoms with van der Waals surface area (Å²) in [6.45, 7) is 6.39. The lowest BCUT2D eigenvalue weighted by atomic mass is 9.92. The highest BCUT2D eigenvalue weighted by Crippen LogP contribution is 2.38. The lowest BCUT2D eigenvalue weighted by Gasteiger charge is -2.40. The van der Waals surface area contributed by atoms with Crippen LogP contribution in [0.15, 0.2) is 35.3 Å². The molecule has 34 heavy (non-hydrogen) atoms. The molecule has 2 saturated heterocycles. The quantitative estimate of drug-likeness (QED) is 0.528. The molecule has 5 heterocycles. The Balaban J connectivity index is 1.44. The number of ether oxygens (including phenoxy) is 1. The second kappa shape index (κ2) is 8.80. The van der Waals surface area contributed by atoms with Crippen molar-refractivity contribution in [1.82, 2.24) is 14.5 Å². The topological polar surface area (TPSA) is 87.3 Å². The second-order valence-corrected chi connectivity index (χ2v) is 9.65. The monoisotopic (exact) mass is 478 g/mol. The van der Waals surface area contributed by atoms with Crippen LogP contribution in [0.3, 0.4) is 0 Å². The summed E-state index contributed by atoms with van der Waals surface area (Å²) in [4.78, 5) is 26.7. The average Bonchev–Trinajstić information content (AvgIpc) is 3.24. The normalized spacial score (nSPS) is 20.0. The van der Waals surface area contributed by atoms with E-state index in [9.17, 15) is 10.1 Å². The van der Waals surface area contributed by atoms with Gasteiger partial charge in [-0.15, -0.1) is 0 Å². The molecule has 5 rings (SSSR count). The van der Waals surface area contributed by atoms with Crippen LogP contribution in [0.4, 0.5) is 11.5 Å². The minimum atomic E-state index is -0.308. The van der Waals surface area contributed by atoms with Crippen LogP contribution in [-0.4, -0.2) is 46.3 Å². The number of piperidine rings is 1. The van der Waals surface area contributed by atoms with Gasteiger partial charge in [0.1, 0.15) is 33.9 Å². The summed E-state index contributed by atoms with van der Waals surface area (Å²) in [5.41, 5.74) is 1.69. The molecule has 0 saturated carbocycles. The van der Waals surface area contributed by atoms with Crippen molar-refractivity contribution in [2.24, 2.45) is 13.0 Å². The third-order valence-corrected chi connectivity index (χ3v) is 7.04. The van der Waals surface area contributed by atoms with E-state index in [0.29, 0.717) is 33.8 Å². The number of hydrogen-bond acceptors (Lipinski definition) is 7. The summed E-state index contributed by atoms with van der Waals surface area (Å²) in [6.07, 6.45) is 3.82. The molecule has 0 bridgehead atoms. The number of aryl methyl sites for hydroxylation is 1. The molecule has 0 unspecified atom stereocenters. The first-order chi connectivity index (χ1) is 16.4. The summed E-state index contributed by atoms with van der Waals surface area (Å²) in [5.74, 6) is 2.13. The van der Waals surface area contributed by atoms with E-state index in [1.54, 1.807) is 25.4 Å². The first-order valence-electron chi connectivity index (χ1n) is 11.6. The van der Waals surface area contributed by atoms with E-state index in [0.717, 1.165) is 44.0 Å². The minimum absolute atomic E-state index is 0.113.